The van der Waals surface area contributed by atoms with E-state index in [1.54, 1.807) is 36.4 Å². The highest BCUT2D eigenvalue weighted by Crippen LogP contribution is 2.38. The molecule has 16 rings (SSSR count). The number of nitrogens with zero attached hydrogens (tertiary/aromatic N) is 8. The second kappa shape index (κ2) is 32.0. The molecule has 4 aliphatic rings. The average molecular weight is 1400 g/mol. The number of esters is 1. The van der Waals surface area contributed by atoms with Crippen LogP contribution < -0.4 is 42.5 Å². The van der Waals surface area contributed by atoms with Gasteiger partial charge in [-0.3, -0.25) is 4.79 Å². The lowest BCUT2D eigenvalue weighted by molar-refractivity contribution is -0.142. The van der Waals surface area contributed by atoms with Crippen LogP contribution in [0.2, 0.25) is 0 Å². The van der Waals surface area contributed by atoms with Crippen molar-refractivity contribution < 1.29 is 30.0 Å². The molecule has 8 heterocycles. The minimum Gasteiger partial charge on any atom is -0.507 e. The highest BCUT2D eigenvalue weighted by atomic mass is 16.5. The van der Waals surface area contributed by atoms with Gasteiger partial charge in [0.2, 0.25) is 0 Å². The molecular formula is C82H90N16O6. The van der Waals surface area contributed by atoms with Gasteiger partial charge in [-0.15, -0.1) is 0 Å². The lowest BCUT2D eigenvalue weighted by Crippen LogP contribution is -2.31. The molecule has 4 fully saturated rings. The van der Waals surface area contributed by atoms with Crippen molar-refractivity contribution in [2.45, 2.75) is 109 Å². The van der Waals surface area contributed by atoms with Gasteiger partial charge in [0.25, 0.3) is 0 Å². The Kier molecular flexibility index (Phi) is 21.9. The maximum atomic E-state index is 11.7. The fourth-order valence-electron chi connectivity index (χ4n) is 13.3. The standard InChI is InChI=1S/C22H26N4O.C21H24N4O.C20H20N4O3.C19H20N4O/c1-22(2,3)14-8-9-19(27)17(12-14)21-25-18-7-5-4-6-16(18)20(26-21)24-15-10-11-23-13-15;1-13(2)14-7-8-19(26)17(11-14)21-24-18-6-4-3-5-16(18)20(25-21)23-15-9-10-22-12-15;1-27-20(26)16-10-12(11-21-16)22-18-13-6-2-4-8-15(13)23-19(24-18)14-7-3-5-9-17(14)25;1-12-6-7-17(24)15(10-12)19-22-16-5-3-2-4-14(16)18(23-19)21-13-8-9-20-11-13/h4-9,12,15,23,27H,10-11,13H2,1-3H3,(H,24,25,26);3-8,11,13,15,22,26H,9-10,12H2,1-2H3,(H,23,24,25);2-9,12,16,21,25H,10-11H2,1H3,(H,22,23,24);2-7,10,13,20,24H,8-9,11H2,1H3,(H,21,22,23)/t2*15-;12-,16+;13-/m0010/s1. The van der Waals surface area contributed by atoms with Gasteiger partial charge in [-0.05, 0) is 172 Å². The van der Waals surface area contributed by atoms with E-state index >= 15 is 0 Å². The molecular weight excluding hydrogens is 1310 g/mol. The van der Waals surface area contributed by atoms with Gasteiger partial charge in [0.15, 0.2) is 23.3 Å². The number of aromatic hydroxyl groups is 4. The number of fused-ring (bicyclic) bond motifs is 4. The smallest absolute Gasteiger partial charge is 0.322 e. The SMILES string of the molecule is CC(C)(C)c1ccc(O)c(-c2nc(N[C@H]3CCNC3)c3ccccc3n2)c1.CC(C)c1ccc(O)c(-c2nc(N[C@H]3CCNC3)c3ccccc3n2)c1.COC(=O)[C@@H]1C[C@@H](Nc2nc(-c3ccccc3O)nc3ccccc23)CN1.Cc1ccc(O)c(-c2nc(N[C@H]3CCNC3)c3ccccc3n2)c1. The topological polar surface area (TPSA) is 307 Å². The number of aryl methyl sites for hydroxylation is 1. The molecule has 8 aromatic carbocycles. The summed E-state index contributed by atoms with van der Waals surface area (Å²) in [5, 5.41) is 72.5. The van der Waals surface area contributed by atoms with Crippen LogP contribution in [0.4, 0.5) is 23.3 Å². The van der Waals surface area contributed by atoms with Gasteiger partial charge in [0.1, 0.15) is 52.3 Å². The van der Waals surface area contributed by atoms with Crippen molar-refractivity contribution in [1.29, 1.82) is 0 Å². The Bertz CT molecular complexity index is 5030. The Labute approximate surface area is 605 Å². The van der Waals surface area contributed by atoms with Crippen LogP contribution in [0, 0.1) is 6.92 Å². The van der Waals surface area contributed by atoms with E-state index in [0.29, 0.717) is 88.4 Å². The predicted octanol–water partition coefficient (Wildman–Crippen LogP) is 13.4. The molecule has 0 radical (unpaired) electrons. The van der Waals surface area contributed by atoms with Crippen molar-refractivity contribution in [3.8, 4) is 68.5 Å². The van der Waals surface area contributed by atoms with E-state index in [0.717, 1.165) is 136 Å². The predicted molar refractivity (Wildman–Crippen MR) is 415 cm³/mol. The molecule has 0 bridgehead atoms. The van der Waals surface area contributed by atoms with Gasteiger partial charge in [-0.25, -0.2) is 39.9 Å². The monoisotopic (exact) mass is 1390 g/mol. The van der Waals surface area contributed by atoms with Crippen LogP contribution in [0.25, 0.3) is 89.2 Å². The Hall–Kier alpha value is -11.2. The van der Waals surface area contributed by atoms with Gasteiger partial charge in [-0.1, -0.05) is 119 Å². The molecule has 22 nitrogen and oxygen atoms in total. The third kappa shape index (κ3) is 16.8. The van der Waals surface area contributed by atoms with Gasteiger partial charge < -0.3 is 67.7 Å². The van der Waals surface area contributed by atoms with E-state index in [2.05, 4.69) is 92.1 Å². The number of hydrogen-bond donors (Lipinski definition) is 12. The highest BCUT2D eigenvalue weighted by Gasteiger charge is 2.31. The van der Waals surface area contributed by atoms with Crippen LogP contribution in [0.5, 0.6) is 23.0 Å². The molecule has 4 aromatic heterocycles. The summed E-state index contributed by atoms with van der Waals surface area (Å²) >= 11 is 0. The minimum atomic E-state index is -0.321. The normalized spacial score (nSPS) is 17.8. The van der Waals surface area contributed by atoms with E-state index in [-0.39, 0.29) is 46.5 Å². The maximum absolute atomic E-state index is 11.7. The molecule has 4 saturated heterocycles. The Morgan fingerprint density at radius 1 is 0.442 bits per heavy atom. The fourth-order valence-corrected chi connectivity index (χ4v) is 13.3. The first-order chi connectivity index (χ1) is 50.4. The number of hydrogen-bond acceptors (Lipinski definition) is 22. The Morgan fingerprint density at radius 2 is 0.817 bits per heavy atom. The molecule has 4 aliphatic heterocycles. The van der Waals surface area contributed by atoms with Crippen LogP contribution in [0.15, 0.2) is 176 Å². The van der Waals surface area contributed by atoms with E-state index in [9.17, 15) is 25.2 Å². The number of nitrogens with one attached hydrogen (secondary N) is 8. The number of carbonyl (C=O) groups excluding carboxylic acids is 1. The first-order valence-electron chi connectivity index (χ1n) is 35.7. The fraction of sp³-hybridized carbons (Fsp3) is 0.305. The summed E-state index contributed by atoms with van der Waals surface area (Å²) in [6.07, 6.45) is 3.82. The second-order valence-corrected chi connectivity index (χ2v) is 28.2. The largest absolute Gasteiger partial charge is 0.507 e. The lowest BCUT2D eigenvalue weighted by Gasteiger charge is -2.20. The minimum absolute atomic E-state index is 0.0180. The third-order valence-corrected chi connectivity index (χ3v) is 19.1. The van der Waals surface area contributed by atoms with E-state index in [1.807, 2.05) is 146 Å². The van der Waals surface area contributed by atoms with Crippen molar-refractivity contribution in [1.82, 2.24) is 61.1 Å². The van der Waals surface area contributed by atoms with Gasteiger partial charge in [0, 0.05) is 71.9 Å². The number of phenols is 4. The summed E-state index contributed by atoms with van der Waals surface area (Å²) < 4.78 is 4.81. The maximum Gasteiger partial charge on any atom is 0.322 e. The van der Waals surface area contributed by atoms with Crippen LogP contribution in [-0.4, -0.2) is 149 Å². The molecule has 0 saturated carbocycles. The lowest BCUT2D eigenvalue weighted by atomic mass is 9.86. The van der Waals surface area contributed by atoms with Crippen molar-refractivity contribution >= 4 is 72.9 Å². The van der Waals surface area contributed by atoms with Crippen LogP contribution >= 0.6 is 0 Å². The summed E-state index contributed by atoms with van der Waals surface area (Å²) in [6, 6.07) is 56.3. The van der Waals surface area contributed by atoms with E-state index in [4.69, 9.17) is 29.7 Å². The molecule has 5 atom stereocenters. The van der Waals surface area contributed by atoms with Crippen molar-refractivity contribution in [3.63, 3.8) is 0 Å². The van der Waals surface area contributed by atoms with E-state index in [1.165, 1.54) is 7.11 Å². The number of ether oxygens (including phenoxy) is 1. The van der Waals surface area contributed by atoms with Crippen molar-refractivity contribution in [3.05, 3.63) is 193 Å². The molecule has 22 heteroatoms. The van der Waals surface area contributed by atoms with E-state index < -0.39 is 0 Å². The molecule has 0 spiro atoms. The summed E-state index contributed by atoms with van der Waals surface area (Å²) in [7, 11) is 1.39. The quantitative estimate of drug-likeness (QED) is 0.0450. The number of benzene rings is 8. The van der Waals surface area contributed by atoms with Gasteiger partial charge in [0.05, 0.1) is 51.4 Å². The summed E-state index contributed by atoms with van der Waals surface area (Å²) in [5.41, 5.74) is 9.32. The number of carbonyl (C=O) groups is 1. The zero-order chi connectivity index (χ0) is 72.4. The Balaban J connectivity index is 0.000000123. The first kappa shape index (κ1) is 71.2. The van der Waals surface area contributed by atoms with Crippen LogP contribution in [0.1, 0.15) is 82.9 Å². The number of rotatable bonds is 14. The van der Waals surface area contributed by atoms with Crippen LogP contribution in [0.3, 0.4) is 0 Å². The number of methoxy groups -OCH3 is 1. The van der Waals surface area contributed by atoms with Crippen molar-refractivity contribution in [2.75, 3.05) is 74.2 Å². The number of phenolic OH excluding ortho intramolecular Hbond substituents is 4. The molecule has 12 aromatic rings. The number of aromatic nitrogens is 8. The molecule has 0 unspecified atom stereocenters. The van der Waals surface area contributed by atoms with Crippen molar-refractivity contribution in [2.24, 2.45) is 0 Å². The molecule has 0 aliphatic carbocycles. The first-order valence-corrected chi connectivity index (χ1v) is 35.7. The summed E-state index contributed by atoms with van der Waals surface area (Å²) in [5.74, 6) is 6.09. The summed E-state index contributed by atoms with van der Waals surface area (Å²) in [4.78, 5) is 49.4. The Morgan fingerprint density at radius 3 is 1.23 bits per heavy atom. The summed E-state index contributed by atoms with van der Waals surface area (Å²) in [6.45, 7) is 19.2. The van der Waals surface area contributed by atoms with Gasteiger partial charge >= 0.3 is 5.97 Å². The molecule has 0 amide bonds. The number of para-hydroxylation sites is 5. The third-order valence-electron chi connectivity index (χ3n) is 19.1. The average Bonchev–Trinajstić information content (AvgIpc) is 1.04. The van der Waals surface area contributed by atoms with Crippen LogP contribution in [-0.2, 0) is 14.9 Å². The zero-order valence-electron chi connectivity index (χ0n) is 59.7. The molecule has 12 N–H and O–H groups in total. The molecule has 534 valence electrons. The number of anilines is 4. The second-order valence-electron chi connectivity index (χ2n) is 28.2. The zero-order valence-corrected chi connectivity index (χ0v) is 59.7. The van der Waals surface area contributed by atoms with Gasteiger partial charge in [-0.2, -0.15) is 0 Å². The molecule has 104 heavy (non-hydrogen) atoms. The highest BCUT2D eigenvalue weighted by molar-refractivity contribution is 5.94.